The van der Waals surface area contributed by atoms with Crippen molar-refractivity contribution in [2.24, 2.45) is 5.92 Å². The quantitative estimate of drug-likeness (QED) is 0.455. The largest absolute Gasteiger partial charge is 0.354 e. The van der Waals surface area contributed by atoms with Crippen LogP contribution in [-0.4, -0.2) is 50.5 Å². The number of carbonyl (C=O) groups excluding carboxylic acids is 2. The number of sulfonamides is 1. The molecule has 0 aliphatic rings. The van der Waals surface area contributed by atoms with Crippen LogP contribution in [0.1, 0.15) is 38.3 Å². The number of hydrogen-bond donors (Lipinski definition) is 1. The Morgan fingerprint density at radius 2 is 1.68 bits per heavy atom. The number of nitrogens with one attached hydrogen (secondary N) is 1. The summed E-state index contributed by atoms with van der Waals surface area (Å²) in [6, 6.07) is 13.8. The topological polar surface area (TPSA) is 86.8 Å². The Balaban J connectivity index is 2.45. The van der Waals surface area contributed by atoms with Crippen LogP contribution in [0, 0.1) is 12.8 Å². The van der Waals surface area contributed by atoms with E-state index in [4.69, 9.17) is 0 Å². The number of carbonyl (C=O) groups is 2. The molecule has 2 aromatic carbocycles. The highest BCUT2D eigenvalue weighted by atomic mass is 79.9. The Kier molecular flexibility index (Phi) is 10.1. The zero-order valence-corrected chi connectivity index (χ0v) is 22.8. The van der Waals surface area contributed by atoms with Crippen molar-refractivity contribution >= 4 is 43.5 Å². The van der Waals surface area contributed by atoms with E-state index in [1.165, 1.54) is 4.90 Å². The van der Waals surface area contributed by atoms with E-state index in [9.17, 15) is 18.0 Å². The molecule has 0 bridgehead atoms. The van der Waals surface area contributed by atoms with Gasteiger partial charge in [-0.05, 0) is 58.5 Å². The number of nitrogens with zero attached hydrogens (tertiary/aromatic N) is 2. The predicted molar refractivity (Wildman–Crippen MR) is 140 cm³/mol. The molecule has 0 radical (unpaired) electrons. The van der Waals surface area contributed by atoms with Crippen LogP contribution in [0.25, 0.3) is 0 Å². The number of halogens is 1. The van der Waals surface area contributed by atoms with Crippen molar-refractivity contribution in [3.8, 4) is 0 Å². The first-order valence-electron chi connectivity index (χ1n) is 11.3. The Morgan fingerprint density at radius 1 is 1.06 bits per heavy atom. The summed E-state index contributed by atoms with van der Waals surface area (Å²) in [5.74, 6) is -0.431. The Bertz CT molecular complexity index is 1100. The normalized spacial score (nSPS) is 12.3. The standard InChI is InChI=1S/C25H34BrN3O4S/c1-6-22(25(31)27-15-18(2)3)28(16-20-12-8-7-11-19(20)4)24(30)17-29(34(5,32)33)23-14-10-9-13-21(23)26/h7-14,18,22H,6,15-17H2,1-5H3,(H,27,31)/t22-/m1/s1. The first-order valence-corrected chi connectivity index (χ1v) is 13.9. The predicted octanol–water partition coefficient (Wildman–Crippen LogP) is 4.10. The molecule has 9 heteroatoms. The van der Waals surface area contributed by atoms with E-state index >= 15 is 0 Å². The van der Waals surface area contributed by atoms with Gasteiger partial charge < -0.3 is 10.2 Å². The average Bonchev–Trinajstić information content (AvgIpc) is 2.76. The van der Waals surface area contributed by atoms with E-state index in [0.29, 0.717) is 23.1 Å². The zero-order valence-electron chi connectivity index (χ0n) is 20.4. The Hall–Kier alpha value is -2.39. The summed E-state index contributed by atoms with van der Waals surface area (Å²) in [4.78, 5) is 28.2. The molecule has 0 heterocycles. The van der Waals surface area contributed by atoms with Crippen molar-refractivity contribution in [2.45, 2.75) is 46.7 Å². The highest BCUT2D eigenvalue weighted by molar-refractivity contribution is 9.10. The van der Waals surface area contributed by atoms with Gasteiger partial charge in [0.05, 0.1) is 11.9 Å². The van der Waals surface area contributed by atoms with Crippen LogP contribution in [0.15, 0.2) is 53.0 Å². The minimum Gasteiger partial charge on any atom is -0.354 e. The van der Waals surface area contributed by atoms with Gasteiger partial charge in [0.15, 0.2) is 0 Å². The van der Waals surface area contributed by atoms with Gasteiger partial charge in [0.25, 0.3) is 0 Å². The lowest BCUT2D eigenvalue weighted by Crippen LogP contribution is -2.52. The Morgan fingerprint density at radius 3 is 2.24 bits per heavy atom. The van der Waals surface area contributed by atoms with E-state index in [1.54, 1.807) is 24.3 Å². The van der Waals surface area contributed by atoms with Crippen LogP contribution >= 0.6 is 15.9 Å². The van der Waals surface area contributed by atoms with Gasteiger partial charge in [-0.15, -0.1) is 0 Å². The number of para-hydroxylation sites is 1. The monoisotopic (exact) mass is 551 g/mol. The van der Waals surface area contributed by atoms with Crippen molar-refractivity contribution in [3.05, 3.63) is 64.1 Å². The van der Waals surface area contributed by atoms with Crippen LogP contribution < -0.4 is 9.62 Å². The number of anilines is 1. The molecule has 0 fully saturated rings. The fraction of sp³-hybridized carbons (Fsp3) is 0.440. The van der Waals surface area contributed by atoms with Gasteiger partial charge in [-0.1, -0.05) is 57.2 Å². The summed E-state index contributed by atoms with van der Waals surface area (Å²) in [5.41, 5.74) is 2.26. The molecular formula is C25H34BrN3O4S. The molecule has 0 spiro atoms. The molecule has 34 heavy (non-hydrogen) atoms. The summed E-state index contributed by atoms with van der Waals surface area (Å²) >= 11 is 3.38. The minimum absolute atomic E-state index is 0.201. The highest BCUT2D eigenvalue weighted by Gasteiger charge is 2.32. The molecule has 1 atom stereocenters. The van der Waals surface area contributed by atoms with Gasteiger partial charge in [0.2, 0.25) is 21.8 Å². The third-order valence-electron chi connectivity index (χ3n) is 5.47. The highest BCUT2D eigenvalue weighted by Crippen LogP contribution is 2.28. The van der Waals surface area contributed by atoms with E-state index in [1.807, 2.05) is 52.0 Å². The van der Waals surface area contributed by atoms with Crippen molar-refractivity contribution in [3.63, 3.8) is 0 Å². The second-order valence-corrected chi connectivity index (χ2v) is 11.5. The van der Waals surface area contributed by atoms with Crippen molar-refractivity contribution in [1.82, 2.24) is 10.2 Å². The summed E-state index contributed by atoms with van der Waals surface area (Å²) in [6.45, 7) is 8.07. The van der Waals surface area contributed by atoms with E-state index in [2.05, 4.69) is 21.2 Å². The molecule has 0 unspecified atom stereocenters. The zero-order chi connectivity index (χ0) is 25.5. The molecule has 1 N–H and O–H groups in total. The maximum atomic E-state index is 13.7. The molecule has 2 rings (SSSR count). The van der Waals surface area contributed by atoms with Crippen LogP contribution in [0.4, 0.5) is 5.69 Å². The van der Waals surface area contributed by atoms with Crippen LogP contribution in [0.3, 0.4) is 0 Å². The van der Waals surface area contributed by atoms with Gasteiger partial charge >= 0.3 is 0 Å². The van der Waals surface area contributed by atoms with Crippen molar-refractivity contribution in [1.29, 1.82) is 0 Å². The van der Waals surface area contributed by atoms with Crippen molar-refractivity contribution in [2.75, 3.05) is 23.7 Å². The molecule has 0 aromatic heterocycles. The second kappa shape index (κ2) is 12.4. The van der Waals surface area contributed by atoms with Gasteiger partial charge in [-0.2, -0.15) is 0 Å². The second-order valence-electron chi connectivity index (χ2n) is 8.73. The van der Waals surface area contributed by atoms with Crippen LogP contribution in [0.5, 0.6) is 0 Å². The minimum atomic E-state index is -3.77. The van der Waals surface area contributed by atoms with Crippen molar-refractivity contribution < 1.29 is 18.0 Å². The van der Waals surface area contributed by atoms with Crippen LogP contribution in [0.2, 0.25) is 0 Å². The fourth-order valence-electron chi connectivity index (χ4n) is 3.56. The summed E-state index contributed by atoms with van der Waals surface area (Å²) < 4.78 is 26.9. The first kappa shape index (κ1) is 27.9. The van der Waals surface area contributed by atoms with E-state index in [-0.39, 0.29) is 18.4 Å². The maximum absolute atomic E-state index is 13.7. The van der Waals surface area contributed by atoms with E-state index in [0.717, 1.165) is 21.7 Å². The summed E-state index contributed by atoms with van der Waals surface area (Å²) in [5, 5.41) is 2.92. The van der Waals surface area contributed by atoms with Gasteiger partial charge in [-0.3, -0.25) is 13.9 Å². The maximum Gasteiger partial charge on any atom is 0.244 e. The number of aryl methyl sites for hydroxylation is 1. The first-order chi connectivity index (χ1) is 16.0. The molecule has 0 aliphatic heterocycles. The lowest BCUT2D eigenvalue weighted by molar-refractivity contribution is -0.140. The number of amides is 2. The molecule has 2 aromatic rings. The molecular weight excluding hydrogens is 518 g/mol. The number of benzene rings is 2. The summed E-state index contributed by atoms with van der Waals surface area (Å²) in [6.07, 6.45) is 1.47. The third kappa shape index (κ3) is 7.56. The number of hydrogen-bond acceptors (Lipinski definition) is 4. The summed E-state index contributed by atoms with van der Waals surface area (Å²) in [7, 11) is -3.77. The molecule has 0 saturated heterocycles. The smallest absolute Gasteiger partial charge is 0.244 e. The lowest BCUT2D eigenvalue weighted by atomic mass is 10.1. The molecule has 2 amide bonds. The fourth-order valence-corrected chi connectivity index (χ4v) is 5.04. The number of rotatable bonds is 11. The van der Waals surface area contributed by atoms with Gasteiger partial charge in [0, 0.05) is 17.6 Å². The molecule has 0 aliphatic carbocycles. The molecule has 0 saturated carbocycles. The Labute approximate surface area is 211 Å². The third-order valence-corrected chi connectivity index (χ3v) is 7.27. The average molecular weight is 553 g/mol. The lowest BCUT2D eigenvalue weighted by Gasteiger charge is -2.33. The molecule has 186 valence electrons. The molecule has 7 nitrogen and oxygen atoms in total. The SMILES string of the molecule is CC[C@H](C(=O)NCC(C)C)N(Cc1ccccc1C)C(=O)CN(c1ccccc1Br)S(C)(=O)=O. The van der Waals surface area contributed by atoms with Gasteiger partial charge in [0.1, 0.15) is 12.6 Å². The van der Waals surface area contributed by atoms with Crippen LogP contribution in [-0.2, 0) is 26.2 Å². The van der Waals surface area contributed by atoms with Gasteiger partial charge in [-0.25, -0.2) is 8.42 Å². The van der Waals surface area contributed by atoms with E-state index < -0.39 is 28.5 Å².